The number of carbonyl (C=O) groups is 1. The number of aliphatic hydroxyl groups is 1. The monoisotopic (exact) mass is 330 g/mol. The second-order valence-electron chi connectivity index (χ2n) is 6.07. The summed E-state index contributed by atoms with van der Waals surface area (Å²) < 4.78 is 0. The van der Waals surface area contributed by atoms with E-state index in [1.807, 2.05) is 25.9 Å². The number of H-pyrrole nitrogens is 1. The number of rotatable bonds is 8. The molecule has 24 heavy (non-hydrogen) atoms. The molecule has 0 aliphatic carbocycles. The molecule has 0 spiro atoms. The number of nitrogens with zero attached hydrogens (tertiary/aromatic N) is 3. The Morgan fingerprint density at radius 2 is 1.96 bits per heavy atom. The normalized spacial score (nSPS) is 10.7. The maximum absolute atomic E-state index is 12.5. The van der Waals surface area contributed by atoms with Crippen LogP contribution >= 0.6 is 0 Å². The van der Waals surface area contributed by atoms with Crippen LogP contribution in [0.4, 0.5) is 5.69 Å². The van der Waals surface area contributed by atoms with Gasteiger partial charge in [0.15, 0.2) is 0 Å². The van der Waals surface area contributed by atoms with Gasteiger partial charge in [0.1, 0.15) is 0 Å². The Kier molecular flexibility index (Phi) is 6.37. The van der Waals surface area contributed by atoms with Crippen LogP contribution in [0.2, 0.25) is 0 Å². The lowest BCUT2D eigenvalue weighted by molar-refractivity contribution is -0.132. The molecule has 6 nitrogen and oxygen atoms in total. The summed E-state index contributed by atoms with van der Waals surface area (Å²) in [6.07, 6.45) is 2.73. The lowest BCUT2D eigenvalue weighted by atomic mass is 10.1. The number of imidazole rings is 1. The molecule has 1 aromatic heterocycles. The summed E-state index contributed by atoms with van der Waals surface area (Å²) in [6, 6.07) is 8.21. The molecular weight excluding hydrogens is 304 g/mol. The zero-order chi connectivity index (χ0) is 17.5. The number of aromatic nitrogens is 2. The zero-order valence-corrected chi connectivity index (χ0v) is 14.6. The standard InChI is InChI=1S/C18H26N4O2/c1-14-17(20-13-19-14)12-22(10-11-23)18(24)9-6-15-4-7-16(8-5-15)21(2)3/h4-5,7-8,13,23H,6,9-12H2,1-3H3,(H,19,20). The molecular formula is C18H26N4O2. The van der Waals surface area contributed by atoms with E-state index in [4.69, 9.17) is 0 Å². The highest BCUT2D eigenvalue weighted by atomic mass is 16.3. The van der Waals surface area contributed by atoms with E-state index in [0.29, 0.717) is 25.9 Å². The van der Waals surface area contributed by atoms with Gasteiger partial charge in [-0.3, -0.25) is 4.79 Å². The van der Waals surface area contributed by atoms with Crippen molar-refractivity contribution in [2.45, 2.75) is 26.3 Å². The summed E-state index contributed by atoms with van der Waals surface area (Å²) in [7, 11) is 4.00. The third kappa shape index (κ3) is 4.83. The van der Waals surface area contributed by atoms with Crippen molar-refractivity contribution in [1.29, 1.82) is 0 Å². The molecule has 0 radical (unpaired) electrons. The smallest absolute Gasteiger partial charge is 0.223 e. The molecule has 0 unspecified atom stereocenters. The fraction of sp³-hybridized carbons (Fsp3) is 0.444. The SMILES string of the molecule is Cc1[nH]cnc1CN(CCO)C(=O)CCc1ccc(N(C)C)cc1. The van der Waals surface area contributed by atoms with E-state index in [1.165, 1.54) is 0 Å². The summed E-state index contributed by atoms with van der Waals surface area (Å²) in [5, 5.41) is 9.22. The van der Waals surface area contributed by atoms with Gasteiger partial charge in [-0.15, -0.1) is 0 Å². The van der Waals surface area contributed by atoms with Crippen LogP contribution in [0.1, 0.15) is 23.4 Å². The first-order valence-electron chi connectivity index (χ1n) is 8.15. The van der Waals surface area contributed by atoms with Gasteiger partial charge in [0, 0.05) is 38.4 Å². The molecule has 2 aromatic rings. The second kappa shape index (κ2) is 8.49. The van der Waals surface area contributed by atoms with Crippen LogP contribution in [0, 0.1) is 6.92 Å². The van der Waals surface area contributed by atoms with Gasteiger partial charge >= 0.3 is 0 Å². The Bertz CT molecular complexity index is 649. The Morgan fingerprint density at radius 3 is 2.50 bits per heavy atom. The van der Waals surface area contributed by atoms with Crippen molar-refractivity contribution in [3.8, 4) is 0 Å². The Labute approximate surface area is 143 Å². The van der Waals surface area contributed by atoms with Crippen LogP contribution in [0.5, 0.6) is 0 Å². The van der Waals surface area contributed by atoms with Gasteiger partial charge in [-0.1, -0.05) is 12.1 Å². The van der Waals surface area contributed by atoms with E-state index >= 15 is 0 Å². The first-order valence-corrected chi connectivity index (χ1v) is 8.15. The van der Waals surface area contributed by atoms with Gasteiger partial charge in [-0.25, -0.2) is 4.98 Å². The molecule has 0 aliphatic heterocycles. The van der Waals surface area contributed by atoms with Gasteiger partial charge in [-0.2, -0.15) is 0 Å². The molecule has 1 heterocycles. The van der Waals surface area contributed by atoms with Gasteiger partial charge in [0.05, 0.1) is 25.2 Å². The number of hydrogen-bond acceptors (Lipinski definition) is 4. The van der Waals surface area contributed by atoms with Crippen LogP contribution in [0.15, 0.2) is 30.6 Å². The minimum atomic E-state index is -0.0489. The predicted molar refractivity (Wildman–Crippen MR) is 94.9 cm³/mol. The second-order valence-corrected chi connectivity index (χ2v) is 6.07. The molecule has 1 amide bonds. The van der Waals surface area contributed by atoms with E-state index in [2.05, 4.69) is 34.2 Å². The number of aryl methyl sites for hydroxylation is 2. The van der Waals surface area contributed by atoms with Gasteiger partial charge in [-0.05, 0) is 31.0 Å². The Morgan fingerprint density at radius 1 is 1.25 bits per heavy atom. The van der Waals surface area contributed by atoms with Crippen molar-refractivity contribution in [3.63, 3.8) is 0 Å². The third-order valence-corrected chi connectivity index (χ3v) is 4.08. The summed E-state index contributed by atoms with van der Waals surface area (Å²) in [5.74, 6) is 0.0307. The molecule has 0 bridgehead atoms. The van der Waals surface area contributed by atoms with Gasteiger partial charge in [0.2, 0.25) is 5.91 Å². The van der Waals surface area contributed by atoms with E-state index in [-0.39, 0.29) is 12.5 Å². The first kappa shape index (κ1) is 18.0. The minimum absolute atomic E-state index is 0.0307. The largest absolute Gasteiger partial charge is 0.395 e. The molecule has 0 fully saturated rings. The average molecular weight is 330 g/mol. The number of aromatic amines is 1. The highest BCUT2D eigenvalue weighted by molar-refractivity contribution is 5.76. The van der Waals surface area contributed by atoms with Gasteiger partial charge < -0.3 is 19.9 Å². The molecule has 130 valence electrons. The predicted octanol–water partition coefficient (Wildman–Crippen LogP) is 1.74. The van der Waals surface area contributed by atoms with Crippen molar-refractivity contribution in [1.82, 2.24) is 14.9 Å². The summed E-state index contributed by atoms with van der Waals surface area (Å²) in [5.41, 5.74) is 4.06. The lowest BCUT2D eigenvalue weighted by Gasteiger charge is -2.21. The highest BCUT2D eigenvalue weighted by Gasteiger charge is 2.15. The maximum Gasteiger partial charge on any atom is 0.223 e. The van der Waals surface area contributed by atoms with Crippen LogP contribution in [0.25, 0.3) is 0 Å². The number of benzene rings is 1. The van der Waals surface area contributed by atoms with Crippen LogP contribution in [0.3, 0.4) is 0 Å². The summed E-state index contributed by atoms with van der Waals surface area (Å²) >= 11 is 0. The van der Waals surface area contributed by atoms with Crippen molar-refractivity contribution < 1.29 is 9.90 Å². The fourth-order valence-electron chi connectivity index (χ4n) is 2.51. The van der Waals surface area contributed by atoms with E-state index < -0.39 is 0 Å². The number of hydrogen-bond donors (Lipinski definition) is 2. The molecule has 0 aliphatic rings. The fourth-order valence-corrected chi connectivity index (χ4v) is 2.51. The lowest BCUT2D eigenvalue weighted by Crippen LogP contribution is -2.33. The number of carbonyl (C=O) groups excluding carboxylic acids is 1. The van der Waals surface area contributed by atoms with Crippen LogP contribution in [-0.4, -0.2) is 53.1 Å². The molecule has 2 rings (SSSR count). The van der Waals surface area contributed by atoms with Crippen LogP contribution in [-0.2, 0) is 17.8 Å². The van der Waals surface area contributed by atoms with Crippen molar-refractivity contribution in [2.24, 2.45) is 0 Å². The van der Waals surface area contributed by atoms with Crippen molar-refractivity contribution in [3.05, 3.63) is 47.5 Å². The number of nitrogens with one attached hydrogen (secondary N) is 1. The first-order chi connectivity index (χ1) is 11.5. The molecule has 6 heteroatoms. The molecule has 2 N–H and O–H groups in total. The maximum atomic E-state index is 12.5. The molecule has 1 aromatic carbocycles. The third-order valence-electron chi connectivity index (χ3n) is 4.08. The molecule has 0 saturated heterocycles. The molecule has 0 atom stereocenters. The summed E-state index contributed by atoms with van der Waals surface area (Å²) in [4.78, 5) is 23.4. The number of anilines is 1. The van der Waals surface area contributed by atoms with E-state index in [0.717, 1.165) is 22.6 Å². The minimum Gasteiger partial charge on any atom is -0.395 e. The molecule has 0 saturated carbocycles. The average Bonchev–Trinajstić information content (AvgIpc) is 2.97. The number of amides is 1. The quantitative estimate of drug-likeness (QED) is 0.773. The van der Waals surface area contributed by atoms with Crippen molar-refractivity contribution in [2.75, 3.05) is 32.1 Å². The highest BCUT2D eigenvalue weighted by Crippen LogP contribution is 2.14. The Balaban J connectivity index is 1.93. The van der Waals surface area contributed by atoms with E-state index in [9.17, 15) is 9.90 Å². The zero-order valence-electron chi connectivity index (χ0n) is 14.6. The Hall–Kier alpha value is -2.34. The van der Waals surface area contributed by atoms with Crippen molar-refractivity contribution >= 4 is 11.6 Å². The topological polar surface area (TPSA) is 72.5 Å². The van der Waals surface area contributed by atoms with Crippen LogP contribution < -0.4 is 4.90 Å². The van der Waals surface area contributed by atoms with E-state index in [1.54, 1.807) is 11.2 Å². The van der Waals surface area contributed by atoms with Gasteiger partial charge in [0.25, 0.3) is 0 Å². The number of aliphatic hydroxyl groups excluding tert-OH is 1. The summed E-state index contributed by atoms with van der Waals surface area (Å²) in [6.45, 7) is 2.63.